The van der Waals surface area contributed by atoms with Gasteiger partial charge in [0, 0.05) is 19.3 Å². The number of rotatable bonds is 2. The predicted molar refractivity (Wildman–Crippen MR) is 75.6 cm³/mol. The molecule has 1 aliphatic rings. The average Bonchev–Trinajstić information content (AvgIpc) is 2.38. The third-order valence-corrected chi connectivity index (χ3v) is 4.04. The van der Waals surface area contributed by atoms with E-state index < -0.39 is 5.97 Å². The van der Waals surface area contributed by atoms with Gasteiger partial charge in [-0.25, -0.2) is 9.78 Å². The molecule has 0 unspecified atom stereocenters. The zero-order valence-electron chi connectivity index (χ0n) is 11.9. The maximum atomic E-state index is 11.2. The molecule has 19 heavy (non-hydrogen) atoms. The first-order chi connectivity index (χ1) is 8.89. The summed E-state index contributed by atoms with van der Waals surface area (Å²) in [4.78, 5) is 17.6. The number of hydrogen-bond acceptors (Lipinski definition) is 3. The third-order valence-electron chi connectivity index (χ3n) is 4.04. The van der Waals surface area contributed by atoms with Crippen molar-refractivity contribution < 1.29 is 9.90 Å². The van der Waals surface area contributed by atoms with Gasteiger partial charge in [0.2, 0.25) is 0 Å². The highest BCUT2D eigenvalue weighted by atomic mass is 16.4. The normalized spacial score (nSPS) is 17.5. The highest BCUT2D eigenvalue weighted by Gasteiger charge is 2.30. The molecular weight excluding hydrogens is 240 g/mol. The second-order valence-electron chi connectivity index (χ2n) is 6.31. The Morgan fingerprint density at radius 3 is 2.53 bits per heavy atom. The van der Waals surface area contributed by atoms with E-state index in [1.807, 2.05) is 0 Å². The number of aromatic nitrogens is 1. The van der Waals surface area contributed by atoms with Gasteiger partial charge in [0.1, 0.15) is 11.4 Å². The van der Waals surface area contributed by atoms with Crippen molar-refractivity contribution in [3.8, 4) is 0 Å². The fraction of sp³-hybridized carbons (Fsp3) is 0.600. The molecule has 0 aromatic carbocycles. The number of aromatic carboxylic acids is 1. The van der Waals surface area contributed by atoms with Crippen molar-refractivity contribution in [2.75, 3.05) is 18.0 Å². The van der Waals surface area contributed by atoms with Gasteiger partial charge in [0.05, 0.1) is 0 Å². The quantitative estimate of drug-likeness (QED) is 0.890. The number of pyridine rings is 1. The molecule has 104 valence electrons. The van der Waals surface area contributed by atoms with Crippen LogP contribution in [-0.2, 0) is 0 Å². The lowest BCUT2D eigenvalue weighted by Gasteiger charge is -2.39. The van der Waals surface area contributed by atoms with E-state index in [1.165, 1.54) is 0 Å². The van der Waals surface area contributed by atoms with Crippen molar-refractivity contribution in [2.24, 2.45) is 11.3 Å². The molecule has 1 fully saturated rings. The standard InChI is InChI=1S/C15H22N2O2/c1-15(2,3)11-6-9-17(10-7-11)13-12(14(18)19)5-4-8-16-13/h4-5,8,11H,6-7,9-10H2,1-3H3,(H,18,19). The third kappa shape index (κ3) is 3.06. The molecule has 0 amide bonds. The molecule has 0 spiro atoms. The minimum absolute atomic E-state index is 0.303. The maximum absolute atomic E-state index is 11.2. The largest absolute Gasteiger partial charge is 0.478 e. The van der Waals surface area contributed by atoms with Crippen LogP contribution in [-0.4, -0.2) is 29.1 Å². The van der Waals surface area contributed by atoms with Crippen molar-refractivity contribution in [3.05, 3.63) is 23.9 Å². The molecule has 1 saturated heterocycles. The first kappa shape index (κ1) is 13.8. The molecule has 1 aliphatic heterocycles. The summed E-state index contributed by atoms with van der Waals surface area (Å²) in [6, 6.07) is 3.30. The minimum atomic E-state index is -0.902. The summed E-state index contributed by atoms with van der Waals surface area (Å²) in [6.07, 6.45) is 3.86. The summed E-state index contributed by atoms with van der Waals surface area (Å²) in [5.74, 6) is 0.407. The molecular formula is C15H22N2O2. The lowest BCUT2D eigenvalue weighted by Crippen LogP contribution is -2.39. The molecule has 2 rings (SSSR count). The molecule has 1 N–H and O–H groups in total. The average molecular weight is 262 g/mol. The van der Waals surface area contributed by atoms with Crippen LogP contribution >= 0.6 is 0 Å². The van der Waals surface area contributed by atoms with E-state index in [4.69, 9.17) is 0 Å². The number of anilines is 1. The zero-order chi connectivity index (χ0) is 14.0. The van der Waals surface area contributed by atoms with Crippen molar-refractivity contribution in [3.63, 3.8) is 0 Å². The molecule has 0 bridgehead atoms. The van der Waals surface area contributed by atoms with Gasteiger partial charge in [0.25, 0.3) is 0 Å². The van der Waals surface area contributed by atoms with E-state index >= 15 is 0 Å². The van der Waals surface area contributed by atoms with Crippen molar-refractivity contribution in [1.82, 2.24) is 4.98 Å². The summed E-state index contributed by atoms with van der Waals surface area (Å²) < 4.78 is 0. The van der Waals surface area contributed by atoms with E-state index in [0.717, 1.165) is 25.9 Å². The molecule has 4 nitrogen and oxygen atoms in total. The summed E-state index contributed by atoms with van der Waals surface area (Å²) in [5, 5.41) is 9.21. The van der Waals surface area contributed by atoms with Gasteiger partial charge in [-0.15, -0.1) is 0 Å². The lowest BCUT2D eigenvalue weighted by molar-refractivity contribution is 0.0697. The molecule has 0 atom stereocenters. The Morgan fingerprint density at radius 2 is 2.00 bits per heavy atom. The summed E-state index contributed by atoms with van der Waals surface area (Å²) >= 11 is 0. The molecule has 4 heteroatoms. The smallest absolute Gasteiger partial charge is 0.339 e. The lowest BCUT2D eigenvalue weighted by atomic mass is 9.75. The van der Waals surface area contributed by atoms with Crippen LogP contribution in [0.2, 0.25) is 0 Å². The second-order valence-corrected chi connectivity index (χ2v) is 6.31. The summed E-state index contributed by atoms with van der Waals surface area (Å²) in [7, 11) is 0. The molecule has 0 aliphatic carbocycles. The number of carboxylic acids is 1. The van der Waals surface area contributed by atoms with Gasteiger partial charge in [-0.1, -0.05) is 20.8 Å². The highest BCUT2D eigenvalue weighted by Crippen LogP contribution is 2.35. The molecule has 1 aromatic heterocycles. The molecule has 0 radical (unpaired) electrons. The SMILES string of the molecule is CC(C)(C)C1CCN(c2ncccc2C(=O)O)CC1. The predicted octanol–water partition coefficient (Wildman–Crippen LogP) is 3.04. The first-order valence-electron chi connectivity index (χ1n) is 6.83. The van der Waals surface area contributed by atoms with E-state index in [1.54, 1.807) is 18.3 Å². The van der Waals surface area contributed by atoms with Gasteiger partial charge >= 0.3 is 5.97 Å². The van der Waals surface area contributed by atoms with Crippen LogP contribution in [0.1, 0.15) is 44.0 Å². The van der Waals surface area contributed by atoms with Gasteiger partial charge in [0.15, 0.2) is 0 Å². The van der Waals surface area contributed by atoms with Crippen molar-refractivity contribution in [2.45, 2.75) is 33.6 Å². The Labute approximate surface area is 114 Å². The Balaban J connectivity index is 2.12. The van der Waals surface area contributed by atoms with Gasteiger partial charge in [-0.05, 0) is 36.3 Å². The highest BCUT2D eigenvalue weighted by molar-refractivity contribution is 5.93. The number of nitrogens with zero attached hydrogens (tertiary/aromatic N) is 2. The Kier molecular flexibility index (Phi) is 3.78. The number of hydrogen-bond donors (Lipinski definition) is 1. The minimum Gasteiger partial charge on any atom is -0.478 e. The number of carboxylic acid groups (broad SMARTS) is 1. The van der Waals surface area contributed by atoms with Crippen LogP contribution in [0, 0.1) is 11.3 Å². The van der Waals surface area contributed by atoms with Crippen LogP contribution in [0.15, 0.2) is 18.3 Å². The maximum Gasteiger partial charge on any atom is 0.339 e. The first-order valence-corrected chi connectivity index (χ1v) is 6.83. The van der Waals surface area contributed by atoms with Crippen molar-refractivity contribution in [1.29, 1.82) is 0 Å². The zero-order valence-corrected chi connectivity index (χ0v) is 11.9. The van der Waals surface area contributed by atoms with Crippen LogP contribution in [0.4, 0.5) is 5.82 Å². The summed E-state index contributed by atoms with van der Waals surface area (Å²) in [5.41, 5.74) is 0.628. The van der Waals surface area contributed by atoms with Crippen LogP contribution in [0.5, 0.6) is 0 Å². The van der Waals surface area contributed by atoms with Gasteiger partial charge < -0.3 is 10.0 Å². The fourth-order valence-corrected chi connectivity index (χ4v) is 2.77. The van der Waals surface area contributed by atoms with Crippen LogP contribution in [0.25, 0.3) is 0 Å². The number of carbonyl (C=O) groups is 1. The second kappa shape index (κ2) is 5.19. The van der Waals surface area contributed by atoms with Crippen LogP contribution < -0.4 is 4.90 Å². The van der Waals surface area contributed by atoms with E-state index in [9.17, 15) is 9.90 Å². The Morgan fingerprint density at radius 1 is 1.37 bits per heavy atom. The molecule has 1 aromatic rings. The van der Waals surface area contributed by atoms with Gasteiger partial charge in [-0.2, -0.15) is 0 Å². The molecule has 2 heterocycles. The number of piperidine rings is 1. The van der Waals surface area contributed by atoms with E-state index in [-0.39, 0.29) is 0 Å². The van der Waals surface area contributed by atoms with Crippen molar-refractivity contribution >= 4 is 11.8 Å². The summed E-state index contributed by atoms with van der Waals surface area (Å²) in [6.45, 7) is 8.60. The van der Waals surface area contributed by atoms with E-state index in [2.05, 4.69) is 30.7 Å². The Hall–Kier alpha value is -1.58. The monoisotopic (exact) mass is 262 g/mol. The van der Waals surface area contributed by atoms with Gasteiger partial charge in [-0.3, -0.25) is 0 Å². The van der Waals surface area contributed by atoms with E-state index in [0.29, 0.717) is 22.7 Å². The molecule has 0 saturated carbocycles. The van der Waals surface area contributed by atoms with Crippen LogP contribution in [0.3, 0.4) is 0 Å². The Bertz CT molecular complexity index is 457. The topological polar surface area (TPSA) is 53.4 Å². The fourth-order valence-electron chi connectivity index (χ4n) is 2.77.